The van der Waals surface area contributed by atoms with Crippen molar-refractivity contribution in [1.82, 2.24) is 49.5 Å². The lowest BCUT2D eigenvalue weighted by Crippen LogP contribution is -2.26. The fourth-order valence-electron chi connectivity index (χ4n) is 5.51. The third kappa shape index (κ3) is 8.42. The molecule has 8 rings (SSSR count). The van der Waals surface area contributed by atoms with Gasteiger partial charge in [0.25, 0.3) is 5.91 Å². The predicted octanol–water partition coefficient (Wildman–Crippen LogP) is 5.21. The summed E-state index contributed by atoms with van der Waals surface area (Å²) in [4.78, 5) is 34.1. The van der Waals surface area contributed by atoms with Gasteiger partial charge in [-0.15, -0.1) is 0 Å². The van der Waals surface area contributed by atoms with Crippen molar-refractivity contribution in [2.24, 2.45) is 0 Å². The summed E-state index contributed by atoms with van der Waals surface area (Å²) in [6.45, 7) is 0.0967. The monoisotopic (exact) mass is 752 g/mol. The van der Waals surface area contributed by atoms with Crippen molar-refractivity contribution in [3.05, 3.63) is 122 Å². The lowest BCUT2D eigenvalue weighted by Gasteiger charge is -2.08. The molecule has 0 atom stereocenters. The Balaban J connectivity index is 0.000000173. The zero-order valence-electron chi connectivity index (χ0n) is 30.5. The van der Waals surface area contributed by atoms with E-state index in [1.807, 2.05) is 48.8 Å². The van der Waals surface area contributed by atoms with Crippen LogP contribution in [0.5, 0.6) is 17.5 Å². The minimum absolute atomic E-state index is 0.108. The van der Waals surface area contributed by atoms with Gasteiger partial charge < -0.3 is 35.3 Å². The van der Waals surface area contributed by atoms with Crippen LogP contribution in [-0.4, -0.2) is 89.6 Å². The quantitative estimate of drug-likeness (QED) is 0.127. The number of aliphatic hydroxyl groups is 1. The maximum Gasteiger partial charge on any atom is 0.251 e. The molecule has 1 amide bonds. The number of fused-ring (bicyclic) bond motifs is 2. The van der Waals surface area contributed by atoms with Gasteiger partial charge in [0.05, 0.1) is 70.3 Å². The number of carbonyl (C=O) groups is 1. The van der Waals surface area contributed by atoms with Gasteiger partial charge in [-0.05, 0) is 48.0 Å². The first kappa shape index (κ1) is 36.7. The average Bonchev–Trinajstić information content (AvgIpc) is 3.88. The number of pyridine rings is 3. The van der Waals surface area contributed by atoms with E-state index in [0.29, 0.717) is 46.0 Å². The number of nitrogens with zero attached hydrogens (tertiary/aromatic N) is 9. The normalized spacial score (nSPS) is 10.7. The minimum atomic E-state index is -0.246. The highest BCUT2D eigenvalue weighted by Crippen LogP contribution is 2.28. The van der Waals surface area contributed by atoms with Crippen LogP contribution in [0.1, 0.15) is 10.4 Å². The molecule has 0 spiro atoms. The maximum atomic E-state index is 12.2. The molecule has 0 saturated heterocycles. The van der Waals surface area contributed by atoms with Crippen LogP contribution in [0, 0.1) is 0 Å². The zero-order chi connectivity index (χ0) is 38.9. The van der Waals surface area contributed by atoms with Crippen molar-refractivity contribution in [2.45, 2.75) is 0 Å². The van der Waals surface area contributed by atoms with Gasteiger partial charge in [-0.1, -0.05) is 12.1 Å². The van der Waals surface area contributed by atoms with Crippen LogP contribution in [0.3, 0.4) is 0 Å². The summed E-state index contributed by atoms with van der Waals surface area (Å²) in [6.07, 6.45) is 13.9. The summed E-state index contributed by atoms with van der Waals surface area (Å²) in [7, 11) is 4.76. The molecule has 17 heteroatoms. The van der Waals surface area contributed by atoms with E-state index in [2.05, 4.69) is 51.1 Å². The van der Waals surface area contributed by atoms with Crippen LogP contribution in [0.15, 0.2) is 116 Å². The molecule has 0 aliphatic rings. The summed E-state index contributed by atoms with van der Waals surface area (Å²) < 4.78 is 18.8. The molecule has 0 unspecified atom stereocenters. The van der Waals surface area contributed by atoms with Crippen molar-refractivity contribution in [1.29, 1.82) is 0 Å². The van der Waals surface area contributed by atoms with E-state index < -0.39 is 0 Å². The number of aliphatic hydroxyl groups excluding tert-OH is 1. The Hall–Kier alpha value is -7.66. The number of carbonyl (C=O) groups excluding carboxylic acids is 1. The number of ether oxygens (including phenoxy) is 3. The number of aromatic nitrogens is 9. The first-order chi connectivity index (χ1) is 27.4. The number of benzene rings is 1. The molecule has 0 aliphatic heterocycles. The van der Waals surface area contributed by atoms with Gasteiger partial charge >= 0.3 is 0 Å². The number of hydrogen-bond acceptors (Lipinski definition) is 14. The molecule has 0 fully saturated rings. The molecule has 0 radical (unpaired) electrons. The van der Waals surface area contributed by atoms with E-state index in [1.165, 1.54) is 0 Å². The third-order valence-electron chi connectivity index (χ3n) is 8.27. The first-order valence-electron chi connectivity index (χ1n) is 17.2. The maximum absolute atomic E-state index is 12.2. The number of amides is 1. The van der Waals surface area contributed by atoms with E-state index in [-0.39, 0.29) is 19.1 Å². The predicted molar refractivity (Wildman–Crippen MR) is 209 cm³/mol. The second kappa shape index (κ2) is 17.0. The van der Waals surface area contributed by atoms with E-state index >= 15 is 0 Å². The number of anilines is 4. The van der Waals surface area contributed by atoms with Gasteiger partial charge in [0.15, 0.2) is 11.3 Å². The number of methoxy groups -OCH3 is 3. The molecule has 0 bridgehead atoms. The summed E-state index contributed by atoms with van der Waals surface area (Å²) in [5.41, 5.74) is 6.81. The van der Waals surface area contributed by atoms with Gasteiger partial charge in [-0.3, -0.25) is 9.78 Å². The van der Waals surface area contributed by atoms with Crippen LogP contribution < -0.4 is 30.2 Å². The van der Waals surface area contributed by atoms with Crippen LogP contribution in [-0.2, 0) is 0 Å². The fourth-order valence-corrected chi connectivity index (χ4v) is 5.51. The van der Waals surface area contributed by atoms with Crippen molar-refractivity contribution in [3.8, 4) is 39.8 Å². The SMILES string of the molecule is COc1ccc(Nc2ccn3ncc(-c4cccc(C(=O)NCCO)c4)c3n2)cn1.COc1cncc(-c2cnn3ccc(Nc4ccc(OC)nc4)nc23)c1. The van der Waals surface area contributed by atoms with Crippen molar-refractivity contribution in [2.75, 3.05) is 45.1 Å². The van der Waals surface area contributed by atoms with E-state index in [4.69, 9.17) is 19.3 Å². The lowest BCUT2D eigenvalue weighted by molar-refractivity contribution is 0.0944. The smallest absolute Gasteiger partial charge is 0.251 e. The highest BCUT2D eigenvalue weighted by atomic mass is 16.5. The van der Waals surface area contributed by atoms with Gasteiger partial charge in [-0.2, -0.15) is 10.2 Å². The molecule has 0 aliphatic carbocycles. The standard InChI is InChI=1S/C21H20N6O3.C18H16N6O2/c1-30-19-6-5-16(12-23-19)25-18-7-9-27-20(26-18)17(13-24-27)14-3-2-4-15(11-14)21(29)22-8-10-28;1-25-14-7-12(8-19-10-14)15-11-21-24-6-5-16(23-18(15)24)22-13-3-4-17(26-2)20-9-13/h2-7,9,11-13,28H,8,10H2,1H3,(H,22,29)(H,25,26);3-11H,1-2H3,(H,22,23). The molecule has 4 N–H and O–H groups in total. The Morgan fingerprint density at radius 1 is 0.679 bits per heavy atom. The average molecular weight is 753 g/mol. The molecule has 282 valence electrons. The van der Waals surface area contributed by atoms with Crippen LogP contribution in [0.25, 0.3) is 33.5 Å². The van der Waals surface area contributed by atoms with Crippen LogP contribution in [0.4, 0.5) is 23.0 Å². The molecule has 56 heavy (non-hydrogen) atoms. The molecular formula is C39H36N12O5. The topological polar surface area (TPSA) is 200 Å². The van der Waals surface area contributed by atoms with Crippen molar-refractivity contribution in [3.63, 3.8) is 0 Å². The lowest BCUT2D eigenvalue weighted by atomic mass is 10.1. The Bertz CT molecular complexity index is 2580. The Kier molecular flexibility index (Phi) is 11.1. The molecule has 17 nitrogen and oxygen atoms in total. The largest absolute Gasteiger partial charge is 0.495 e. The number of rotatable bonds is 12. The summed E-state index contributed by atoms with van der Waals surface area (Å²) in [5.74, 6) is 2.84. The molecule has 8 aromatic rings. The molecule has 7 aromatic heterocycles. The van der Waals surface area contributed by atoms with E-state index in [0.717, 1.165) is 33.6 Å². The summed E-state index contributed by atoms with van der Waals surface area (Å²) in [5, 5.41) is 26.7. The fraction of sp³-hybridized carbons (Fsp3) is 0.128. The van der Waals surface area contributed by atoms with Gasteiger partial charge in [0, 0.05) is 59.5 Å². The zero-order valence-corrected chi connectivity index (χ0v) is 30.5. The summed E-state index contributed by atoms with van der Waals surface area (Å²) in [6, 6.07) is 20.0. The second-order valence-corrected chi connectivity index (χ2v) is 11.9. The summed E-state index contributed by atoms with van der Waals surface area (Å²) >= 11 is 0. The highest BCUT2D eigenvalue weighted by Gasteiger charge is 2.13. The highest BCUT2D eigenvalue weighted by molar-refractivity contribution is 5.96. The van der Waals surface area contributed by atoms with Crippen molar-refractivity contribution >= 4 is 40.2 Å². The minimum Gasteiger partial charge on any atom is -0.495 e. The Morgan fingerprint density at radius 3 is 1.82 bits per heavy atom. The number of nitrogens with one attached hydrogen (secondary N) is 3. The van der Waals surface area contributed by atoms with E-state index in [1.54, 1.807) is 97.9 Å². The first-order valence-corrected chi connectivity index (χ1v) is 17.2. The molecule has 0 saturated carbocycles. The molecule has 1 aromatic carbocycles. The molecule has 7 heterocycles. The van der Waals surface area contributed by atoms with Crippen LogP contribution in [0.2, 0.25) is 0 Å². The second-order valence-electron chi connectivity index (χ2n) is 11.9. The molecular weight excluding hydrogens is 717 g/mol. The third-order valence-corrected chi connectivity index (χ3v) is 8.27. The van der Waals surface area contributed by atoms with Gasteiger partial charge in [0.2, 0.25) is 11.8 Å². The van der Waals surface area contributed by atoms with Gasteiger partial charge in [0.1, 0.15) is 17.4 Å². The van der Waals surface area contributed by atoms with Crippen LogP contribution >= 0.6 is 0 Å². The Morgan fingerprint density at radius 2 is 1.29 bits per heavy atom. The van der Waals surface area contributed by atoms with Gasteiger partial charge in [-0.25, -0.2) is 29.0 Å². The Labute approximate surface area is 320 Å². The van der Waals surface area contributed by atoms with Crippen molar-refractivity contribution < 1.29 is 24.1 Å². The van der Waals surface area contributed by atoms with E-state index in [9.17, 15) is 4.79 Å². The number of hydrogen-bond donors (Lipinski definition) is 4.